The van der Waals surface area contributed by atoms with Crippen LogP contribution >= 0.6 is 0 Å². The van der Waals surface area contributed by atoms with Crippen molar-refractivity contribution in [3.8, 4) is 6.07 Å². The predicted molar refractivity (Wildman–Crippen MR) is 60.9 cm³/mol. The van der Waals surface area contributed by atoms with Crippen molar-refractivity contribution in [2.75, 3.05) is 24.6 Å². The van der Waals surface area contributed by atoms with Crippen molar-refractivity contribution >= 4 is 5.69 Å². The van der Waals surface area contributed by atoms with Gasteiger partial charge in [-0.1, -0.05) is 0 Å². The molecule has 0 aromatic heterocycles. The van der Waals surface area contributed by atoms with Crippen molar-refractivity contribution in [2.24, 2.45) is 0 Å². The summed E-state index contributed by atoms with van der Waals surface area (Å²) in [6, 6.07) is 7.87. The topological polar surface area (TPSA) is 47.3 Å². The maximum atomic E-state index is 8.91. The molecule has 1 aromatic rings. The molecule has 3 heteroatoms. The molecule has 1 N–H and O–H groups in total. The first-order valence-corrected chi connectivity index (χ1v) is 5.09. The lowest BCUT2D eigenvalue weighted by Gasteiger charge is -2.22. The van der Waals surface area contributed by atoms with E-state index >= 15 is 0 Å². The fraction of sp³-hybridized carbons (Fsp3) is 0.417. The summed E-state index contributed by atoms with van der Waals surface area (Å²) < 4.78 is 0. The van der Waals surface area contributed by atoms with Crippen LogP contribution in [0.25, 0.3) is 0 Å². The maximum absolute atomic E-state index is 8.91. The van der Waals surface area contributed by atoms with Gasteiger partial charge in [0.05, 0.1) is 18.2 Å². The molecule has 0 atom stereocenters. The van der Waals surface area contributed by atoms with Gasteiger partial charge >= 0.3 is 0 Å². The first-order chi connectivity index (χ1) is 7.22. The van der Waals surface area contributed by atoms with Gasteiger partial charge in [-0.3, -0.25) is 0 Å². The number of likely N-dealkylation sites (N-methyl/N-ethyl adjacent to an activating group) is 1. The fourth-order valence-corrected chi connectivity index (χ4v) is 1.56. The number of rotatable bonds is 4. The number of nitrogens with zero attached hydrogens (tertiary/aromatic N) is 2. The molecule has 0 fully saturated rings. The molecule has 0 aliphatic carbocycles. The van der Waals surface area contributed by atoms with E-state index in [2.05, 4.69) is 11.0 Å². The average Bonchev–Trinajstić information content (AvgIpc) is 2.25. The van der Waals surface area contributed by atoms with Gasteiger partial charge in [0.1, 0.15) is 0 Å². The molecular formula is C12H16N2O. The summed E-state index contributed by atoms with van der Waals surface area (Å²) in [4.78, 5) is 2.08. The van der Waals surface area contributed by atoms with Gasteiger partial charge in [-0.25, -0.2) is 0 Å². The predicted octanol–water partition coefficient (Wildman–Crippen LogP) is 1.69. The van der Waals surface area contributed by atoms with Crippen LogP contribution < -0.4 is 4.90 Å². The molecule has 80 valence electrons. The summed E-state index contributed by atoms with van der Waals surface area (Å²) in [7, 11) is 0. The molecule has 15 heavy (non-hydrogen) atoms. The van der Waals surface area contributed by atoms with E-state index in [1.54, 1.807) is 0 Å². The number of benzene rings is 1. The third-order valence-corrected chi connectivity index (χ3v) is 2.45. The van der Waals surface area contributed by atoms with Crippen molar-refractivity contribution in [2.45, 2.75) is 13.8 Å². The molecular weight excluding hydrogens is 188 g/mol. The monoisotopic (exact) mass is 204 g/mol. The van der Waals surface area contributed by atoms with Gasteiger partial charge in [-0.2, -0.15) is 5.26 Å². The van der Waals surface area contributed by atoms with Gasteiger partial charge in [-0.15, -0.1) is 0 Å². The zero-order chi connectivity index (χ0) is 11.3. The molecule has 0 radical (unpaired) electrons. The molecule has 0 saturated carbocycles. The summed E-state index contributed by atoms with van der Waals surface area (Å²) in [6.45, 7) is 5.60. The van der Waals surface area contributed by atoms with Crippen LogP contribution in [0.1, 0.15) is 18.1 Å². The zero-order valence-corrected chi connectivity index (χ0v) is 9.20. The number of aliphatic hydroxyl groups excluding tert-OH is 1. The average molecular weight is 204 g/mol. The Morgan fingerprint density at radius 1 is 1.47 bits per heavy atom. The Labute approximate surface area is 90.6 Å². The number of hydrogen-bond donors (Lipinski definition) is 1. The quantitative estimate of drug-likeness (QED) is 0.811. The van der Waals surface area contributed by atoms with Gasteiger partial charge in [0.25, 0.3) is 0 Å². The molecule has 0 aliphatic rings. The SMILES string of the molecule is CCN(CCO)c1ccc(C#N)c(C)c1. The minimum absolute atomic E-state index is 0.146. The molecule has 0 spiro atoms. The summed E-state index contributed by atoms with van der Waals surface area (Å²) >= 11 is 0. The Morgan fingerprint density at radius 2 is 2.20 bits per heavy atom. The number of anilines is 1. The second-order valence-corrected chi connectivity index (χ2v) is 3.41. The molecule has 0 bridgehead atoms. The molecule has 0 amide bonds. The highest BCUT2D eigenvalue weighted by Crippen LogP contribution is 2.18. The molecule has 1 rings (SSSR count). The van der Waals surface area contributed by atoms with Crippen molar-refractivity contribution in [3.63, 3.8) is 0 Å². The van der Waals surface area contributed by atoms with Crippen LogP contribution in [-0.4, -0.2) is 24.8 Å². The Morgan fingerprint density at radius 3 is 2.67 bits per heavy atom. The van der Waals surface area contributed by atoms with Crippen molar-refractivity contribution in [1.29, 1.82) is 5.26 Å². The number of hydrogen-bond acceptors (Lipinski definition) is 3. The minimum Gasteiger partial charge on any atom is -0.395 e. The highest BCUT2D eigenvalue weighted by atomic mass is 16.3. The second kappa shape index (κ2) is 5.38. The van der Waals surface area contributed by atoms with Gasteiger partial charge in [-0.05, 0) is 37.6 Å². The Bertz CT molecular complexity index is 368. The van der Waals surface area contributed by atoms with E-state index in [0.29, 0.717) is 12.1 Å². The molecule has 0 saturated heterocycles. The Kier molecular flexibility index (Phi) is 4.14. The molecule has 0 unspecified atom stereocenters. The van der Waals surface area contributed by atoms with Crippen molar-refractivity contribution < 1.29 is 5.11 Å². The third-order valence-electron chi connectivity index (χ3n) is 2.45. The smallest absolute Gasteiger partial charge is 0.0994 e. The van der Waals surface area contributed by atoms with Crippen LogP contribution in [0.4, 0.5) is 5.69 Å². The van der Waals surface area contributed by atoms with Gasteiger partial charge in [0.2, 0.25) is 0 Å². The van der Waals surface area contributed by atoms with E-state index in [0.717, 1.165) is 17.8 Å². The van der Waals surface area contributed by atoms with Gasteiger partial charge in [0.15, 0.2) is 0 Å². The highest BCUT2D eigenvalue weighted by Gasteiger charge is 2.05. The van der Waals surface area contributed by atoms with Crippen molar-refractivity contribution in [1.82, 2.24) is 0 Å². The van der Waals surface area contributed by atoms with E-state index in [-0.39, 0.29) is 6.61 Å². The second-order valence-electron chi connectivity index (χ2n) is 3.41. The summed E-state index contributed by atoms with van der Waals surface area (Å²) in [5, 5.41) is 17.7. The number of aliphatic hydroxyl groups is 1. The standard InChI is InChI=1S/C12H16N2O/c1-3-14(6-7-15)12-5-4-11(9-13)10(2)8-12/h4-5,8,15H,3,6-7H2,1-2H3. The lowest BCUT2D eigenvalue weighted by atomic mass is 10.1. The van der Waals surface area contributed by atoms with Crippen LogP contribution in [-0.2, 0) is 0 Å². The molecule has 1 aromatic carbocycles. The zero-order valence-electron chi connectivity index (χ0n) is 9.20. The van der Waals surface area contributed by atoms with E-state index in [9.17, 15) is 0 Å². The van der Waals surface area contributed by atoms with Crippen LogP contribution in [0.15, 0.2) is 18.2 Å². The Balaban J connectivity index is 2.95. The summed E-state index contributed by atoms with van der Waals surface area (Å²) in [5.74, 6) is 0. The van der Waals surface area contributed by atoms with Crippen LogP contribution in [0, 0.1) is 18.3 Å². The Hall–Kier alpha value is -1.53. The third kappa shape index (κ3) is 2.71. The first-order valence-electron chi connectivity index (χ1n) is 5.09. The fourth-order valence-electron chi connectivity index (χ4n) is 1.56. The minimum atomic E-state index is 0.146. The highest BCUT2D eigenvalue weighted by molar-refractivity contribution is 5.53. The summed E-state index contributed by atoms with van der Waals surface area (Å²) in [6.07, 6.45) is 0. The molecule has 3 nitrogen and oxygen atoms in total. The van der Waals surface area contributed by atoms with Crippen LogP contribution in [0.5, 0.6) is 0 Å². The number of nitriles is 1. The summed E-state index contributed by atoms with van der Waals surface area (Å²) in [5.41, 5.74) is 2.74. The van der Waals surface area contributed by atoms with Crippen molar-refractivity contribution in [3.05, 3.63) is 29.3 Å². The first kappa shape index (κ1) is 11.5. The van der Waals surface area contributed by atoms with E-state index in [1.807, 2.05) is 32.0 Å². The maximum Gasteiger partial charge on any atom is 0.0994 e. The van der Waals surface area contributed by atoms with E-state index in [4.69, 9.17) is 10.4 Å². The van der Waals surface area contributed by atoms with Crippen LogP contribution in [0.3, 0.4) is 0 Å². The van der Waals surface area contributed by atoms with Gasteiger partial charge < -0.3 is 10.0 Å². The molecule has 0 aliphatic heterocycles. The molecule has 0 heterocycles. The lowest BCUT2D eigenvalue weighted by molar-refractivity contribution is 0.302. The van der Waals surface area contributed by atoms with Crippen LogP contribution in [0.2, 0.25) is 0 Å². The van der Waals surface area contributed by atoms with Gasteiger partial charge in [0, 0.05) is 18.8 Å². The number of aryl methyl sites for hydroxylation is 1. The largest absolute Gasteiger partial charge is 0.395 e. The lowest BCUT2D eigenvalue weighted by Crippen LogP contribution is -2.26. The van der Waals surface area contributed by atoms with E-state index < -0.39 is 0 Å². The van der Waals surface area contributed by atoms with E-state index in [1.165, 1.54) is 0 Å². The normalized spacial score (nSPS) is 9.73.